The van der Waals surface area contributed by atoms with Gasteiger partial charge in [0.15, 0.2) is 0 Å². The number of anilines is 1. The molecule has 1 aliphatic carbocycles. The molecule has 0 spiro atoms. The molecular formula is C10H11FN2O. The van der Waals surface area contributed by atoms with E-state index in [-0.39, 0.29) is 11.7 Å². The summed E-state index contributed by atoms with van der Waals surface area (Å²) in [5, 5.41) is 2.96. The molecule has 3 N–H and O–H groups in total. The van der Waals surface area contributed by atoms with E-state index in [9.17, 15) is 9.18 Å². The highest BCUT2D eigenvalue weighted by atomic mass is 19.1. The standard InChI is InChI=1S/C10H11FN2O/c11-7-2-1-3-8(6-7)13-10(4-5-10)9(12)14/h1-3,6,13H,4-5H2,(H2,12,14). The molecule has 1 aromatic rings. The lowest BCUT2D eigenvalue weighted by Gasteiger charge is -2.14. The molecule has 0 aromatic heterocycles. The molecular weight excluding hydrogens is 183 g/mol. The fraction of sp³-hybridized carbons (Fsp3) is 0.300. The lowest BCUT2D eigenvalue weighted by molar-refractivity contribution is -0.119. The van der Waals surface area contributed by atoms with Crippen molar-refractivity contribution in [1.29, 1.82) is 0 Å². The number of primary amides is 1. The van der Waals surface area contributed by atoms with Gasteiger partial charge < -0.3 is 11.1 Å². The lowest BCUT2D eigenvalue weighted by Crippen LogP contribution is -2.37. The fourth-order valence-corrected chi connectivity index (χ4v) is 1.40. The van der Waals surface area contributed by atoms with Crippen molar-refractivity contribution in [3.63, 3.8) is 0 Å². The minimum absolute atomic E-state index is 0.324. The largest absolute Gasteiger partial charge is 0.371 e. The first kappa shape index (κ1) is 8.99. The summed E-state index contributed by atoms with van der Waals surface area (Å²) in [4.78, 5) is 11.0. The molecule has 0 heterocycles. The monoisotopic (exact) mass is 194 g/mol. The first-order valence-electron chi connectivity index (χ1n) is 4.46. The Balaban J connectivity index is 2.15. The molecule has 1 aromatic carbocycles. The summed E-state index contributed by atoms with van der Waals surface area (Å²) in [6.45, 7) is 0. The van der Waals surface area contributed by atoms with Gasteiger partial charge in [0.25, 0.3) is 0 Å². The molecule has 1 aliphatic rings. The Hall–Kier alpha value is -1.58. The molecule has 0 unspecified atom stereocenters. The van der Waals surface area contributed by atoms with Crippen LogP contribution in [0.4, 0.5) is 10.1 Å². The van der Waals surface area contributed by atoms with Gasteiger partial charge in [-0.1, -0.05) is 6.07 Å². The highest BCUT2D eigenvalue weighted by Crippen LogP contribution is 2.38. The average Bonchev–Trinajstić information content (AvgIpc) is 2.85. The van der Waals surface area contributed by atoms with Gasteiger partial charge in [-0.25, -0.2) is 4.39 Å². The van der Waals surface area contributed by atoms with Crippen LogP contribution in [0.3, 0.4) is 0 Å². The van der Waals surface area contributed by atoms with Gasteiger partial charge in [-0.2, -0.15) is 0 Å². The van der Waals surface area contributed by atoms with Gasteiger partial charge in [0.2, 0.25) is 5.91 Å². The number of rotatable bonds is 3. The van der Waals surface area contributed by atoms with Crippen molar-refractivity contribution in [3.8, 4) is 0 Å². The highest BCUT2D eigenvalue weighted by molar-refractivity contribution is 5.91. The van der Waals surface area contributed by atoms with Crippen LogP contribution < -0.4 is 11.1 Å². The van der Waals surface area contributed by atoms with Crippen LogP contribution >= 0.6 is 0 Å². The third-order valence-electron chi connectivity index (χ3n) is 2.43. The fourth-order valence-electron chi connectivity index (χ4n) is 1.40. The van der Waals surface area contributed by atoms with E-state index in [1.54, 1.807) is 12.1 Å². The Morgan fingerprint density at radius 2 is 2.21 bits per heavy atom. The van der Waals surface area contributed by atoms with E-state index < -0.39 is 5.54 Å². The molecule has 0 atom stereocenters. The molecule has 0 aliphatic heterocycles. The number of hydrogen-bond donors (Lipinski definition) is 2. The molecule has 0 saturated heterocycles. The van der Waals surface area contributed by atoms with Crippen LogP contribution in [0.25, 0.3) is 0 Å². The van der Waals surface area contributed by atoms with Gasteiger partial charge in [0.05, 0.1) is 0 Å². The summed E-state index contributed by atoms with van der Waals surface area (Å²) in [6, 6.07) is 6.01. The summed E-state index contributed by atoms with van der Waals surface area (Å²) >= 11 is 0. The van der Waals surface area contributed by atoms with E-state index >= 15 is 0 Å². The molecule has 0 bridgehead atoms. The smallest absolute Gasteiger partial charge is 0.243 e. The molecule has 1 saturated carbocycles. The maximum absolute atomic E-state index is 12.8. The second-order valence-electron chi connectivity index (χ2n) is 3.58. The van der Waals surface area contributed by atoms with Gasteiger partial charge in [0, 0.05) is 5.69 Å². The Morgan fingerprint density at radius 3 is 2.71 bits per heavy atom. The van der Waals surface area contributed by atoms with Crippen molar-refractivity contribution in [2.45, 2.75) is 18.4 Å². The summed E-state index contributed by atoms with van der Waals surface area (Å²) < 4.78 is 12.8. The Bertz CT molecular complexity index is 374. The Kier molecular flexibility index (Phi) is 1.91. The summed E-state index contributed by atoms with van der Waals surface area (Å²) in [6.07, 6.45) is 1.44. The van der Waals surface area contributed by atoms with E-state index in [4.69, 9.17) is 5.73 Å². The van der Waals surface area contributed by atoms with Crippen LogP contribution in [0.5, 0.6) is 0 Å². The number of hydrogen-bond acceptors (Lipinski definition) is 2. The van der Waals surface area contributed by atoms with E-state index in [0.717, 1.165) is 12.8 Å². The molecule has 2 rings (SSSR count). The Morgan fingerprint density at radius 1 is 1.50 bits per heavy atom. The van der Waals surface area contributed by atoms with Crippen molar-refractivity contribution < 1.29 is 9.18 Å². The number of benzene rings is 1. The van der Waals surface area contributed by atoms with Crippen molar-refractivity contribution in [2.24, 2.45) is 5.73 Å². The maximum Gasteiger partial charge on any atom is 0.243 e. The number of amides is 1. The maximum atomic E-state index is 12.8. The molecule has 0 radical (unpaired) electrons. The SMILES string of the molecule is NC(=O)C1(Nc2cccc(F)c2)CC1. The van der Waals surface area contributed by atoms with Crippen LogP contribution in [0.15, 0.2) is 24.3 Å². The number of halogens is 1. The molecule has 14 heavy (non-hydrogen) atoms. The van der Waals surface area contributed by atoms with Crippen LogP contribution in [0.2, 0.25) is 0 Å². The zero-order valence-electron chi connectivity index (χ0n) is 7.59. The van der Waals surface area contributed by atoms with Crippen LogP contribution in [0.1, 0.15) is 12.8 Å². The van der Waals surface area contributed by atoms with Gasteiger partial charge in [-0.3, -0.25) is 4.79 Å². The van der Waals surface area contributed by atoms with E-state index in [0.29, 0.717) is 5.69 Å². The second kappa shape index (κ2) is 2.97. The van der Waals surface area contributed by atoms with Crippen molar-refractivity contribution in [1.82, 2.24) is 0 Å². The van der Waals surface area contributed by atoms with Crippen LogP contribution in [0, 0.1) is 5.82 Å². The van der Waals surface area contributed by atoms with E-state index in [2.05, 4.69) is 5.32 Å². The quantitative estimate of drug-likeness (QED) is 0.761. The number of carbonyl (C=O) groups is 1. The Labute approximate surface area is 81.1 Å². The van der Waals surface area contributed by atoms with Gasteiger partial charge in [-0.05, 0) is 31.0 Å². The molecule has 3 nitrogen and oxygen atoms in total. The molecule has 1 fully saturated rings. The topological polar surface area (TPSA) is 55.1 Å². The van der Waals surface area contributed by atoms with Crippen molar-refractivity contribution in [2.75, 3.05) is 5.32 Å². The summed E-state index contributed by atoms with van der Waals surface area (Å²) in [5.74, 6) is -0.697. The minimum atomic E-state index is -0.631. The first-order valence-corrected chi connectivity index (χ1v) is 4.46. The highest BCUT2D eigenvalue weighted by Gasteiger charge is 2.48. The van der Waals surface area contributed by atoms with Crippen molar-refractivity contribution >= 4 is 11.6 Å². The number of nitrogens with two attached hydrogens (primary N) is 1. The van der Waals surface area contributed by atoms with Crippen LogP contribution in [-0.2, 0) is 4.79 Å². The van der Waals surface area contributed by atoms with Crippen LogP contribution in [-0.4, -0.2) is 11.4 Å². The molecule has 1 amide bonds. The zero-order valence-corrected chi connectivity index (χ0v) is 7.59. The average molecular weight is 194 g/mol. The predicted octanol–water partition coefficient (Wildman–Crippen LogP) is 1.26. The predicted molar refractivity (Wildman–Crippen MR) is 51.2 cm³/mol. The van der Waals surface area contributed by atoms with Crippen molar-refractivity contribution in [3.05, 3.63) is 30.1 Å². The minimum Gasteiger partial charge on any atom is -0.371 e. The zero-order chi connectivity index (χ0) is 10.2. The van der Waals surface area contributed by atoms with Gasteiger partial charge >= 0.3 is 0 Å². The molecule has 4 heteroatoms. The number of nitrogens with one attached hydrogen (secondary N) is 1. The normalized spacial score (nSPS) is 17.5. The van der Waals surface area contributed by atoms with E-state index in [1.165, 1.54) is 12.1 Å². The number of carbonyl (C=O) groups excluding carboxylic acids is 1. The third-order valence-corrected chi connectivity index (χ3v) is 2.43. The summed E-state index contributed by atoms with van der Waals surface area (Å²) in [5.41, 5.74) is 5.19. The summed E-state index contributed by atoms with van der Waals surface area (Å²) in [7, 11) is 0. The van der Waals surface area contributed by atoms with Gasteiger partial charge in [-0.15, -0.1) is 0 Å². The first-order chi connectivity index (χ1) is 6.62. The lowest BCUT2D eigenvalue weighted by atomic mass is 10.2. The third kappa shape index (κ3) is 1.55. The van der Waals surface area contributed by atoms with Gasteiger partial charge in [0.1, 0.15) is 11.4 Å². The molecule has 74 valence electrons. The van der Waals surface area contributed by atoms with E-state index in [1.807, 2.05) is 0 Å². The second-order valence-corrected chi connectivity index (χ2v) is 3.58.